The summed E-state index contributed by atoms with van der Waals surface area (Å²) in [4.78, 5) is 12.0. The second kappa shape index (κ2) is 4.39. The SMILES string of the molecule is Cc1n[nH]c(C)c1CC(=O)N[C@@H]1C[C@H]2OCC[C@@H]12. The zero-order valence-electron chi connectivity index (χ0n) is 10.8. The van der Waals surface area contributed by atoms with Crippen molar-refractivity contribution in [3.05, 3.63) is 17.0 Å². The van der Waals surface area contributed by atoms with Crippen LogP contribution in [-0.2, 0) is 16.0 Å². The second-order valence-electron chi connectivity index (χ2n) is 5.36. The molecule has 0 spiro atoms. The van der Waals surface area contributed by atoms with Gasteiger partial charge in [0.2, 0.25) is 5.91 Å². The first-order valence-corrected chi connectivity index (χ1v) is 6.56. The van der Waals surface area contributed by atoms with Crippen molar-refractivity contribution in [1.82, 2.24) is 15.5 Å². The van der Waals surface area contributed by atoms with Crippen LogP contribution in [0, 0.1) is 19.8 Å². The van der Waals surface area contributed by atoms with Crippen molar-refractivity contribution in [2.24, 2.45) is 5.92 Å². The predicted molar refractivity (Wildman–Crippen MR) is 66.2 cm³/mol. The maximum Gasteiger partial charge on any atom is 0.224 e. The maximum atomic E-state index is 12.0. The van der Waals surface area contributed by atoms with Crippen LogP contribution in [0.5, 0.6) is 0 Å². The topological polar surface area (TPSA) is 67.0 Å². The van der Waals surface area contributed by atoms with Crippen molar-refractivity contribution in [3.8, 4) is 0 Å². The van der Waals surface area contributed by atoms with Crippen LogP contribution < -0.4 is 5.32 Å². The van der Waals surface area contributed by atoms with Crippen molar-refractivity contribution >= 4 is 5.91 Å². The average Bonchev–Trinajstić information content (AvgIpc) is 2.83. The van der Waals surface area contributed by atoms with Crippen molar-refractivity contribution in [2.45, 2.75) is 45.3 Å². The van der Waals surface area contributed by atoms with Gasteiger partial charge in [-0.3, -0.25) is 9.89 Å². The Kier molecular flexibility index (Phi) is 2.86. The number of aromatic nitrogens is 2. The Morgan fingerprint density at radius 2 is 2.39 bits per heavy atom. The number of hydrogen-bond donors (Lipinski definition) is 2. The minimum absolute atomic E-state index is 0.0953. The summed E-state index contributed by atoms with van der Waals surface area (Å²) in [6.07, 6.45) is 2.87. The number of aryl methyl sites for hydroxylation is 2. The minimum atomic E-state index is 0.0953. The van der Waals surface area contributed by atoms with Crippen LogP contribution in [0.2, 0.25) is 0 Å². The van der Waals surface area contributed by atoms with Gasteiger partial charge in [0, 0.05) is 29.8 Å². The van der Waals surface area contributed by atoms with E-state index in [9.17, 15) is 4.79 Å². The quantitative estimate of drug-likeness (QED) is 0.835. The van der Waals surface area contributed by atoms with Crippen LogP contribution in [0.4, 0.5) is 0 Å². The van der Waals surface area contributed by atoms with E-state index in [4.69, 9.17) is 4.74 Å². The molecular weight excluding hydrogens is 230 g/mol. The zero-order chi connectivity index (χ0) is 12.7. The number of carbonyl (C=O) groups is 1. The molecule has 0 bridgehead atoms. The summed E-state index contributed by atoms with van der Waals surface area (Å²) in [6.45, 7) is 4.73. The van der Waals surface area contributed by atoms with E-state index in [1.165, 1.54) is 0 Å². The third kappa shape index (κ3) is 1.92. The molecule has 98 valence electrons. The Bertz CT molecular complexity index is 449. The summed E-state index contributed by atoms with van der Waals surface area (Å²) in [5.74, 6) is 0.637. The first-order valence-electron chi connectivity index (χ1n) is 6.56. The third-order valence-electron chi connectivity index (χ3n) is 4.23. The monoisotopic (exact) mass is 249 g/mol. The highest BCUT2D eigenvalue weighted by Gasteiger charge is 2.45. The van der Waals surface area contributed by atoms with Crippen molar-refractivity contribution in [2.75, 3.05) is 6.61 Å². The minimum Gasteiger partial charge on any atom is -0.378 e. The number of H-pyrrole nitrogens is 1. The molecule has 2 fully saturated rings. The lowest BCUT2D eigenvalue weighted by atomic mass is 9.76. The molecule has 18 heavy (non-hydrogen) atoms. The van der Waals surface area contributed by atoms with Gasteiger partial charge < -0.3 is 10.1 Å². The molecule has 1 amide bonds. The summed E-state index contributed by atoms with van der Waals surface area (Å²) in [5.41, 5.74) is 2.92. The first-order chi connectivity index (χ1) is 8.65. The number of hydrogen-bond acceptors (Lipinski definition) is 3. The summed E-state index contributed by atoms with van der Waals surface area (Å²) in [6, 6.07) is 0.317. The van der Waals surface area contributed by atoms with Crippen molar-refractivity contribution in [3.63, 3.8) is 0 Å². The van der Waals surface area contributed by atoms with Crippen LogP contribution in [0.3, 0.4) is 0 Å². The number of fused-ring (bicyclic) bond motifs is 1. The number of nitrogens with zero attached hydrogens (tertiary/aromatic N) is 1. The molecule has 5 nitrogen and oxygen atoms in total. The number of ether oxygens (including phenoxy) is 1. The summed E-state index contributed by atoms with van der Waals surface area (Å²) in [5, 5.41) is 10.1. The smallest absolute Gasteiger partial charge is 0.224 e. The fourth-order valence-corrected chi connectivity index (χ4v) is 3.02. The van der Waals surface area contributed by atoms with Gasteiger partial charge in [-0.25, -0.2) is 0 Å². The Hall–Kier alpha value is -1.36. The van der Waals surface area contributed by atoms with Gasteiger partial charge in [-0.05, 0) is 26.7 Å². The molecule has 2 N–H and O–H groups in total. The van der Waals surface area contributed by atoms with Gasteiger partial charge in [0.1, 0.15) is 0 Å². The van der Waals surface area contributed by atoms with Gasteiger partial charge in [-0.2, -0.15) is 5.10 Å². The molecule has 5 heteroatoms. The number of carbonyl (C=O) groups excluding carboxylic acids is 1. The maximum absolute atomic E-state index is 12.0. The molecule has 2 heterocycles. The molecule has 3 rings (SSSR count). The van der Waals surface area contributed by atoms with Crippen LogP contribution in [0.1, 0.15) is 29.8 Å². The van der Waals surface area contributed by atoms with Crippen LogP contribution in [0.15, 0.2) is 0 Å². The normalized spacial score (nSPS) is 29.8. The van der Waals surface area contributed by atoms with E-state index in [1.54, 1.807) is 0 Å². The van der Waals surface area contributed by atoms with E-state index in [0.717, 1.165) is 36.4 Å². The Morgan fingerprint density at radius 1 is 1.56 bits per heavy atom. The molecule has 1 aromatic heterocycles. The molecule has 0 aromatic carbocycles. The number of aromatic amines is 1. The van der Waals surface area contributed by atoms with E-state index < -0.39 is 0 Å². The highest BCUT2D eigenvalue weighted by molar-refractivity contribution is 5.79. The Morgan fingerprint density at radius 3 is 3.06 bits per heavy atom. The summed E-state index contributed by atoms with van der Waals surface area (Å²) < 4.78 is 5.54. The molecule has 1 aromatic rings. The predicted octanol–water partition coefficient (Wildman–Crippen LogP) is 0.863. The average molecular weight is 249 g/mol. The van der Waals surface area contributed by atoms with Crippen molar-refractivity contribution < 1.29 is 9.53 Å². The lowest BCUT2D eigenvalue weighted by Gasteiger charge is -2.39. The fraction of sp³-hybridized carbons (Fsp3) is 0.692. The van der Waals surface area contributed by atoms with Crippen LogP contribution >= 0.6 is 0 Å². The van der Waals surface area contributed by atoms with Gasteiger partial charge in [0.15, 0.2) is 0 Å². The van der Waals surface area contributed by atoms with Gasteiger partial charge in [0.05, 0.1) is 18.2 Å². The summed E-state index contributed by atoms with van der Waals surface area (Å²) in [7, 11) is 0. The van der Waals surface area contributed by atoms with Gasteiger partial charge in [-0.1, -0.05) is 0 Å². The third-order valence-corrected chi connectivity index (χ3v) is 4.23. The van der Waals surface area contributed by atoms with E-state index in [-0.39, 0.29) is 5.91 Å². The molecule has 1 saturated carbocycles. The summed E-state index contributed by atoms with van der Waals surface area (Å²) >= 11 is 0. The lowest BCUT2D eigenvalue weighted by molar-refractivity contribution is -0.123. The van der Waals surface area contributed by atoms with E-state index in [2.05, 4.69) is 15.5 Å². The molecule has 1 saturated heterocycles. The Balaban J connectivity index is 1.56. The van der Waals surface area contributed by atoms with Crippen LogP contribution in [-0.4, -0.2) is 34.9 Å². The van der Waals surface area contributed by atoms with Gasteiger partial charge in [-0.15, -0.1) is 0 Å². The second-order valence-corrected chi connectivity index (χ2v) is 5.36. The van der Waals surface area contributed by atoms with Crippen molar-refractivity contribution in [1.29, 1.82) is 0 Å². The standard InChI is InChI=1S/C13H19N3O2/c1-7-10(8(2)16-15-7)5-13(17)14-11-6-12-9(11)3-4-18-12/h9,11-12H,3-6H2,1-2H3,(H,14,17)(H,15,16)/t9-,11+,12+/m0/s1. The van der Waals surface area contributed by atoms with Crippen LogP contribution in [0.25, 0.3) is 0 Å². The van der Waals surface area contributed by atoms with Gasteiger partial charge in [0.25, 0.3) is 0 Å². The molecule has 0 unspecified atom stereocenters. The zero-order valence-corrected chi connectivity index (χ0v) is 10.8. The first kappa shape index (κ1) is 11.7. The molecular formula is C13H19N3O2. The number of nitrogens with one attached hydrogen (secondary N) is 2. The van der Waals surface area contributed by atoms with E-state index in [0.29, 0.717) is 24.5 Å². The fourth-order valence-electron chi connectivity index (χ4n) is 3.02. The van der Waals surface area contributed by atoms with E-state index in [1.807, 2.05) is 13.8 Å². The highest BCUT2D eigenvalue weighted by atomic mass is 16.5. The highest BCUT2D eigenvalue weighted by Crippen LogP contribution is 2.38. The number of amides is 1. The largest absolute Gasteiger partial charge is 0.378 e. The molecule has 1 aliphatic heterocycles. The van der Waals surface area contributed by atoms with Gasteiger partial charge >= 0.3 is 0 Å². The molecule has 3 atom stereocenters. The lowest BCUT2D eigenvalue weighted by Crippen LogP contribution is -2.53. The number of rotatable bonds is 3. The van der Waals surface area contributed by atoms with E-state index >= 15 is 0 Å². The molecule has 0 radical (unpaired) electrons. The molecule has 2 aliphatic rings. The molecule has 1 aliphatic carbocycles. The Labute approximate surface area is 106 Å².